The highest BCUT2D eigenvalue weighted by Gasteiger charge is 2.44. The van der Waals surface area contributed by atoms with Gasteiger partial charge >= 0.3 is 0 Å². The second-order valence-corrected chi connectivity index (χ2v) is 8.12. The van der Waals surface area contributed by atoms with Crippen LogP contribution in [0.5, 0.6) is 11.5 Å². The monoisotopic (exact) mass is 438 g/mol. The van der Waals surface area contributed by atoms with Gasteiger partial charge in [0.2, 0.25) is 5.91 Å². The smallest absolute Gasteiger partial charge is 0.269 e. The molecule has 2 aliphatic heterocycles. The first-order valence-electron chi connectivity index (χ1n) is 10.4. The van der Waals surface area contributed by atoms with Crippen LogP contribution in [0.3, 0.4) is 0 Å². The van der Waals surface area contributed by atoms with Gasteiger partial charge in [0.1, 0.15) is 6.17 Å². The summed E-state index contributed by atoms with van der Waals surface area (Å²) in [5.41, 5.74) is 3.71. The van der Waals surface area contributed by atoms with E-state index < -0.39 is 11.1 Å². The molecule has 2 aliphatic rings. The Kier molecular flexibility index (Phi) is 5.84. The number of rotatable bonds is 5. The van der Waals surface area contributed by atoms with Crippen LogP contribution in [0.4, 0.5) is 5.69 Å². The van der Waals surface area contributed by atoms with E-state index in [0.717, 1.165) is 28.8 Å². The van der Waals surface area contributed by atoms with Crippen molar-refractivity contribution in [1.29, 1.82) is 0 Å². The van der Waals surface area contributed by atoms with E-state index in [4.69, 9.17) is 9.47 Å². The van der Waals surface area contributed by atoms with Gasteiger partial charge in [0.25, 0.3) is 5.69 Å². The fourth-order valence-corrected chi connectivity index (χ4v) is 4.53. The van der Waals surface area contributed by atoms with E-state index in [-0.39, 0.29) is 24.1 Å². The maximum Gasteiger partial charge on any atom is 0.269 e. The van der Waals surface area contributed by atoms with Gasteiger partial charge in [-0.15, -0.1) is 0 Å². The number of hydrogen-bond acceptors (Lipinski definition) is 7. The Hall–Kier alpha value is -3.46. The minimum atomic E-state index is -0.460. The molecule has 0 aliphatic carbocycles. The number of ether oxygens (including phenoxy) is 2. The van der Waals surface area contributed by atoms with Crippen molar-refractivity contribution in [2.45, 2.75) is 38.9 Å². The zero-order chi connectivity index (χ0) is 23.0. The minimum Gasteiger partial charge on any atom is -0.493 e. The number of nitrogens with zero attached hydrogens (tertiary/aromatic N) is 4. The molecule has 0 N–H and O–H groups in total. The first-order chi connectivity index (χ1) is 15.3. The minimum absolute atomic E-state index is 0.00924. The number of carbonyl (C=O) groups is 1. The van der Waals surface area contributed by atoms with Crippen LogP contribution in [0, 0.1) is 10.1 Å². The number of methoxy groups -OCH3 is 2. The van der Waals surface area contributed by atoms with Gasteiger partial charge in [-0.05, 0) is 61.2 Å². The zero-order valence-corrected chi connectivity index (χ0v) is 18.6. The number of carbonyl (C=O) groups excluding carboxylic acids is 1. The second-order valence-electron chi connectivity index (χ2n) is 8.12. The predicted octanol–water partition coefficient (Wildman–Crippen LogP) is 3.84. The lowest BCUT2D eigenvalue weighted by Gasteiger charge is -2.49. The summed E-state index contributed by atoms with van der Waals surface area (Å²) in [6, 6.07) is 10.1. The van der Waals surface area contributed by atoms with E-state index in [1.807, 2.05) is 26.0 Å². The number of amides is 1. The summed E-state index contributed by atoms with van der Waals surface area (Å²) in [6.45, 7) is 4.39. The van der Waals surface area contributed by atoms with Crippen molar-refractivity contribution in [3.63, 3.8) is 0 Å². The molecule has 2 aromatic carbocycles. The zero-order valence-electron chi connectivity index (χ0n) is 18.6. The lowest BCUT2D eigenvalue weighted by Crippen LogP contribution is -2.52. The third-order valence-electron chi connectivity index (χ3n) is 5.92. The molecule has 2 atom stereocenters. The van der Waals surface area contributed by atoms with Crippen molar-refractivity contribution in [2.24, 2.45) is 5.10 Å². The van der Waals surface area contributed by atoms with Gasteiger partial charge in [0.15, 0.2) is 11.5 Å². The maximum atomic E-state index is 13.3. The number of hydrazone groups is 1. The number of non-ortho nitro benzene ring substituents is 1. The van der Waals surface area contributed by atoms with Crippen LogP contribution in [0.1, 0.15) is 49.2 Å². The quantitative estimate of drug-likeness (QED) is 0.400. The van der Waals surface area contributed by atoms with Crippen LogP contribution in [0.2, 0.25) is 0 Å². The lowest BCUT2D eigenvalue weighted by molar-refractivity contribution is -0.384. The molecule has 1 saturated heterocycles. The van der Waals surface area contributed by atoms with Gasteiger partial charge in [0, 0.05) is 36.9 Å². The number of nitro groups is 1. The number of benzene rings is 2. The van der Waals surface area contributed by atoms with Crippen molar-refractivity contribution < 1.29 is 19.2 Å². The second kappa shape index (κ2) is 8.58. The van der Waals surface area contributed by atoms with Crippen molar-refractivity contribution in [3.05, 3.63) is 63.2 Å². The molecule has 0 unspecified atom stereocenters. The summed E-state index contributed by atoms with van der Waals surface area (Å²) < 4.78 is 11.0. The van der Waals surface area contributed by atoms with Crippen LogP contribution >= 0.6 is 0 Å². The molecule has 0 aromatic heterocycles. The third kappa shape index (κ3) is 3.80. The van der Waals surface area contributed by atoms with Crippen molar-refractivity contribution in [3.8, 4) is 11.5 Å². The topological polar surface area (TPSA) is 97.5 Å². The molecular formula is C23H26N4O5. The predicted molar refractivity (Wildman–Crippen MR) is 119 cm³/mol. The molecule has 32 heavy (non-hydrogen) atoms. The molecule has 0 radical (unpaired) electrons. The average Bonchev–Trinajstić information content (AvgIpc) is 2.78. The first-order valence-corrected chi connectivity index (χ1v) is 10.4. The molecule has 9 nitrogen and oxygen atoms in total. The number of hydrogen-bond donors (Lipinski definition) is 0. The van der Waals surface area contributed by atoms with Gasteiger partial charge in [-0.25, -0.2) is 5.01 Å². The molecule has 1 fully saturated rings. The molecule has 0 spiro atoms. The summed E-state index contributed by atoms with van der Waals surface area (Å²) in [4.78, 5) is 26.2. The van der Waals surface area contributed by atoms with E-state index in [9.17, 15) is 14.9 Å². The average molecular weight is 438 g/mol. The van der Waals surface area contributed by atoms with Crippen molar-refractivity contribution >= 4 is 17.3 Å². The molecule has 2 aromatic rings. The Bertz CT molecular complexity index is 1080. The Morgan fingerprint density at radius 1 is 1.12 bits per heavy atom. The van der Waals surface area contributed by atoms with Crippen LogP contribution in [-0.4, -0.2) is 47.2 Å². The standard InChI is InChI=1S/C23H26N4O5/c1-14(2)24-26-22(28)13-19-18-12-21(32-4)20(31-3)11-16(18)9-10-25(19)23(26)15-5-7-17(8-6-15)27(29)30/h5-8,11-12,19,23H,9-10,13H2,1-4H3/t19-,23-/m1/s1. The number of fused-ring (bicyclic) bond motifs is 3. The summed E-state index contributed by atoms with van der Waals surface area (Å²) >= 11 is 0. The van der Waals surface area contributed by atoms with Crippen LogP contribution in [0.25, 0.3) is 0 Å². The Morgan fingerprint density at radius 2 is 1.78 bits per heavy atom. The maximum absolute atomic E-state index is 13.3. The summed E-state index contributed by atoms with van der Waals surface area (Å²) in [5, 5.41) is 17.1. The summed E-state index contributed by atoms with van der Waals surface area (Å²) in [6.07, 6.45) is 0.591. The van der Waals surface area contributed by atoms with Crippen LogP contribution in [0.15, 0.2) is 41.5 Å². The van der Waals surface area contributed by atoms with E-state index in [1.165, 1.54) is 17.1 Å². The normalized spacial score (nSPS) is 20.2. The van der Waals surface area contributed by atoms with E-state index >= 15 is 0 Å². The number of nitro benzene ring substituents is 1. The van der Waals surface area contributed by atoms with Crippen molar-refractivity contribution in [2.75, 3.05) is 20.8 Å². The molecule has 0 saturated carbocycles. The van der Waals surface area contributed by atoms with Crippen molar-refractivity contribution in [1.82, 2.24) is 9.91 Å². The molecule has 168 valence electrons. The fraction of sp³-hybridized carbons (Fsp3) is 0.391. The van der Waals surface area contributed by atoms with Crippen LogP contribution < -0.4 is 9.47 Å². The van der Waals surface area contributed by atoms with Crippen LogP contribution in [-0.2, 0) is 11.2 Å². The summed E-state index contributed by atoms with van der Waals surface area (Å²) in [7, 11) is 3.20. The molecule has 9 heteroatoms. The molecule has 1 amide bonds. The Balaban J connectivity index is 1.81. The van der Waals surface area contributed by atoms with Gasteiger partial charge in [-0.1, -0.05) is 0 Å². The lowest BCUT2D eigenvalue weighted by atomic mass is 9.87. The van der Waals surface area contributed by atoms with E-state index in [2.05, 4.69) is 10.0 Å². The third-order valence-corrected chi connectivity index (χ3v) is 5.92. The molecule has 4 rings (SSSR count). The van der Waals surface area contributed by atoms with Gasteiger partial charge in [-0.3, -0.25) is 19.8 Å². The van der Waals surface area contributed by atoms with Gasteiger partial charge in [-0.2, -0.15) is 5.10 Å². The highest BCUT2D eigenvalue weighted by molar-refractivity contribution is 5.83. The van der Waals surface area contributed by atoms with Gasteiger partial charge in [0.05, 0.1) is 19.1 Å². The Labute approximate surface area is 186 Å². The van der Waals surface area contributed by atoms with E-state index in [1.54, 1.807) is 26.4 Å². The highest BCUT2D eigenvalue weighted by atomic mass is 16.6. The molecular weight excluding hydrogens is 412 g/mol. The SMILES string of the molecule is COc1cc2c(cc1OC)[C@H]1CC(=O)N(N=C(C)C)[C@H](c3ccc([N+](=O)[O-])cc3)N1CC2. The van der Waals surface area contributed by atoms with E-state index in [0.29, 0.717) is 18.0 Å². The fourth-order valence-electron chi connectivity index (χ4n) is 4.53. The Morgan fingerprint density at radius 3 is 2.38 bits per heavy atom. The molecule has 0 bridgehead atoms. The first kappa shape index (κ1) is 21.8. The highest BCUT2D eigenvalue weighted by Crippen LogP contribution is 2.46. The molecule has 2 heterocycles. The largest absolute Gasteiger partial charge is 0.493 e. The van der Waals surface area contributed by atoms with Gasteiger partial charge < -0.3 is 9.47 Å². The summed E-state index contributed by atoms with van der Waals surface area (Å²) in [5.74, 6) is 1.19.